The van der Waals surface area contributed by atoms with Crippen LogP contribution in [0.1, 0.15) is 21.9 Å². The Bertz CT molecular complexity index is 1000. The van der Waals surface area contributed by atoms with Gasteiger partial charge in [-0.3, -0.25) is 19.0 Å². The topological polar surface area (TPSA) is 133 Å². The van der Waals surface area contributed by atoms with Crippen LogP contribution in [0, 0.1) is 6.92 Å². The lowest BCUT2D eigenvalue weighted by atomic mass is 10.0. The summed E-state index contributed by atoms with van der Waals surface area (Å²) in [6.45, 7) is 1.72. The molecule has 1 atom stereocenters. The van der Waals surface area contributed by atoms with Crippen molar-refractivity contribution in [3.05, 3.63) is 72.3 Å². The largest absolute Gasteiger partial charge is 0.363 e. The number of benzene rings is 1. The molecule has 3 rings (SSSR count). The zero-order valence-corrected chi connectivity index (χ0v) is 15.1. The minimum absolute atomic E-state index is 0.135. The van der Waals surface area contributed by atoms with Gasteiger partial charge in [-0.25, -0.2) is 15.0 Å². The van der Waals surface area contributed by atoms with Gasteiger partial charge in [0.25, 0.3) is 11.8 Å². The summed E-state index contributed by atoms with van der Waals surface area (Å²) in [6, 6.07) is 7.93. The molecule has 0 aliphatic rings. The Morgan fingerprint density at radius 2 is 1.79 bits per heavy atom. The molecule has 9 heteroatoms. The Hall–Kier alpha value is -3.88. The van der Waals surface area contributed by atoms with Crippen LogP contribution in [0.2, 0.25) is 0 Å². The average Bonchev–Trinajstić information content (AvgIpc) is 3.09. The molecule has 28 heavy (non-hydrogen) atoms. The van der Waals surface area contributed by atoms with E-state index in [2.05, 4.69) is 20.3 Å². The van der Waals surface area contributed by atoms with E-state index in [-0.39, 0.29) is 12.1 Å². The number of imidazole rings is 1. The van der Waals surface area contributed by atoms with Gasteiger partial charge in [-0.05, 0) is 12.5 Å². The quantitative estimate of drug-likeness (QED) is 0.571. The van der Waals surface area contributed by atoms with Gasteiger partial charge in [-0.2, -0.15) is 0 Å². The molecular formula is C19H18N6O3. The van der Waals surface area contributed by atoms with E-state index in [1.54, 1.807) is 35.8 Å². The predicted octanol–water partition coefficient (Wildman–Crippen LogP) is 0.366. The maximum atomic E-state index is 12.9. The number of carbonyl (C=O) groups excluding carboxylic acids is 3. The number of amides is 2. The first-order chi connectivity index (χ1) is 13.5. The molecule has 1 unspecified atom stereocenters. The molecule has 1 aromatic carbocycles. The minimum Gasteiger partial charge on any atom is -0.363 e. The maximum Gasteiger partial charge on any atom is 0.287 e. The zero-order valence-electron chi connectivity index (χ0n) is 15.1. The first-order valence-electron chi connectivity index (χ1n) is 8.45. The van der Waals surface area contributed by atoms with Crippen molar-refractivity contribution >= 4 is 17.6 Å². The van der Waals surface area contributed by atoms with Gasteiger partial charge < -0.3 is 11.1 Å². The van der Waals surface area contributed by atoms with Crippen molar-refractivity contribution in [3.63, 3.8) is 0 Å². The summed E-state index contributed by atoms with van der Waals surface area (Å²) in [5.74, 6) is -2.01. The lowest BCUT2D eigenvalue weighted by Gasteiger charge is -2.17. The maximum absolute atomic E-state index is 12.9. The Balaban J connectivity index is 1.89. The second-order valence-electron chi connectivity index (χ2n) is 6.07. The molecule has 0 fully saturated rings. The summed E-state index contributed by atoms with van der Waals surface area (Å²) >= 11 is 0. The molecule has 0 bridgehead atoms. The highest BCUT2D eigenvalue weighted by Crippen LogP contribution is 2.13. The Kier molecular flexibility index (Phi) is 5.54. The van der Waals surface area contributed by atoms with Crippen LogP contribution in [-0.2, 0) is 16.0 Å². The number of hydrogen-bond donors (Lipinski definition) is 2. The fourth-order valence-corrected chi connectivity index (χ4v) is 2.80. The monoisotopic (exact) mass is 378 g/mol. The van der Waals surface area contributed by atoms with Crippen LogP contribution < -0.4 is 11.1 Å². The number of carbonyl (C=O) groups is 3. The highest BCUT2D eigenvalue weighted by atomic mass is 16.2. The number of hydrogen-bond acceptors (Lipinski definition) is 6. The third kappa shape index (κ3) is 4.09. The van der Waals surface area contributed by atoms with Crippen LogP contribution in [0.25, 0.3) is 5.69 Å². The SMILES string of the molecule is Cc1ncc(C(=O)NC(Cc2ccccc2)C(=O)C(N)=O)n1-c1cncnc1. The summed E-state index contributed by atoms with van der Waals surface area (Å²) in [5, 5.41) is 2.60. The van der Waals surface area contributed by atoms with Crippen molar-refractivity contribution < 1.29 is 14.4 Å². The number of aryl methyl sites for hydroxylation is 1. The molecule has 3 aromatic rings. The van der Waals surface area contributed by atoms with Gasteiger partial charge in [0, 0.05) is 6.42 Å². The number of nitrogens with one attached hydrogen (secondary N) is 1. The Labute approximate surface area is 160 Å². The van der Waals surface area contributed by atoms with E-state index in [4.69, 9.17) is 5.73 Å². The fourth-order valence-electron chi connectivity index (χ4n) is 2.80. The summed E-state index contributed by atoms with van der Waals surface area (Å²) in [5.41, 5.74) is 6.67. The van der Waals surface area contributed by atoms with Crippen molar-refractivity contribution in [1.29, 1.82) is 0 Å². The summed E-state index contributed by atoms with van der Waals surface area (Å²) in [6.07, 6.45) is 5.96. The van der Waals surface area contributed by atoms with E-state index in [1.807, 2.05) is 6.07 Å². The summed E-state index contributed by atoms with van der Waals surface area (Å²) in [4.78, 5) is 48.6. The van der Waals surface area contributed by atoms with Crippen LogP contribution >= 0.6 is 0 Å². The Morgan fingerprint density at radius 1 is 1.11 bits per heavy atom. The van der Waals surface area contributed by atoms with E-state index in [0.29, 0.717) is 11.5 Å². The summed E-state index contributed by atoms with van der Waals surface area (Å²) < 4.78 is 1.56. The molecule has 0 aliphatic heterocycles. The minimum atomic E-state index is -1.11. The standard InChI is InChI=1S/C19H18N6O3/c1-12-23-10-16(25(12)14-8-21-11-22-9-14)19(28)24-15(17(26)18(20)27)7-13-5-3-2-4-6-13/h2-6,8-11,15H,7H2,1H3,(H2,20,27)(H,24,28). The molecular weight excluding hydrogens is 360 g/mol. The smallest absolute Gasteiger partial charge is 0.287 e. The van der Waals surface area contributed by atoms with Crippen LogP contribution in [-0.4, -0.2) is 43.2 Å². The third-order valence-corrected chi connectivity index (χ3v) is 4.12. The van der Waals surface area contributed by atoms with Crippen molar-refractivity contribution in [1.82, 2.24) is 24.8 Å². The van der Waals surface area contributed by atoms with E-state index >= 15 is 0 Å². The van der Waals surface area contributed by atoms with Gasteiger partial charge >= 0.3 is 0 Å². The normalized spacial score (nSPS) is 11.6. The van der Waals surface area contributed by atoms with E-state index in [0.717, 1.165) is 5.56 Å². The molecule has 2 amide bonds. The van der Waals surface area contributed by atoms with Crippen molar-refractivity contribution in [2.75, 3.05) is 0 Å². The molecule has 3 N–H and O–H groups in total. The molecule has 0 saturated heterocycles. The number of nitrogens with zero attached hydrogens (tertiary/aromatic N) is 4. The van der Waals surface area contributed by atoms with Crippen LogP contribution in [0.4, 0.5) is 0 Å². The predicted molar refractivity (Wildman–Crippen MR) is 99.5 cm³/mol. The molecule has 2 heterocycles. The molecule has 142 valence electrons. The molecule has 2 aromatic heterocycles. The van der Waals surface area contributed by atoms with Gasteiger partial charge in [0.2, 0.25) is 5.78 Å². The number of primary amides is 1. The summed E-state index contributed by atoms with van der Waals surface area (Å²) in [7, 11) is 0. The fraction of sp³-hybridized carbons (Fsp3) is 0.158. The Morgan fingerprint density at radius 3 is 2.43 bits per heavy atom. The molecule has 9 nitrogen and oxygen atoms in total. The van der Waals surface area contributed by atoms with E-state index in [1.165, 1.54) is 24.9 Å². The van der Waals surface area contributed by atoms with Crippen LogP contribution in [0.15, 0.2) is 55.2 Å². The van der Waals surface area contributed by atoms with Crippen LogP contribution in [0.3, 0.4) is 0 Å². The lowest BCUT2D eigenvalue weighted by molar-refractivity contribution is -0.137. The average molecular weight is 378 g/mol. The van der Waals surface area contributed by atoms with E-state index in [9.17, 15) is 14.4 Å². The first kappa shape index (κ1) is 18.9. The van der Waals surface area contributed by atoms with Gasteiger partial charge in [0.1, 0.15) is 23.9 Å². The lowest BCUT2D eigenvalue weighted by Crippen LogP contribution is -2.47. The number of nitrogens with two attached hydrogens (primary N) is 1. The molecule has 0 saturated carbocycles. The van der Waals surface area contributed by atoms with Gasteiger partial charge in [-0.15, -0.1) is 0 Å². The molecule has 0 radical (unpaired) electrons. The van der Waals surface area contributed by atoms with E-state index < -0.39 is 23.6 Å². The van der Waals surface area contributed by atoms with Crippen LogP contribution in [0.5, 0.6) is 0 Å². The van der Waals surface area contributed by atoms with Crippen molar-refractivity contribution in [3.8, 4) is 5.69 Å². The number of rotatable bonds is 7. The first-order valence-corrected chi connectivity index (χ1v) is 8.45. The molecule has 0 aliphatic carbocycles. The van der Waals surface area contributed by atoms with Gasteiger partial charge in [0.05, 0.1) is 24.3 Å². The highest BCUT2D eigenvalue weighted by Gasteiger charge is 2.27. The number of Topliss-reactive ketones (excluding diaryl/α,β-unsaturated/α-hetero) is 1. The third-order valence-electron chi connectivity index (χ3n) is 4.12. The second-order valence-corrected chi connectivity index (χ2v) is 6.07. The second kappa shape index (κ2) is 8.21. The highest BCUT2D eigenvalue weighted by molar-refractivity contribution is 6.38. The van der Waals surface area contributed by atoms with Gasteiger partial charge in [0.15, 0.2) is 0 Å². The molecule has 0 spiro atoms. The van der Waals surface area contributed by atoms with Crippen molar-refractivity contribution in [2.45, 2.75) is 19.4 Å². The van der Waals surface area contributed by atoms with Crippen molar-refractivity contribution in [2.24, 2.45) is 5.73 Å². The number of ketones is 1. The van der Waals surface area contributed by atoms with Gasteiger partial charge in [-0.1, -0.05) is 30.3 Å². The zero-order chi connectivity index (χ0) is 20.1. The number of aromatic nitrogens is 4.